The van der Waals surface area contributed by atoms with Crippen molar-refractivity contribution in [3.05, 3.63) is 34.3 Å². The second-order valence-electron chi connectivity index (χ2n) is 4.97. The van der Waals surface area contributed by atoms with Crippen LogP contribution < -0.4 is 5.48 Å². The number of nitrogens with one attached hydrogen (secondary N) is 1. The third-order valence-corrected chi connectivity index (χ3v) is 4.23. The second kappa shape index (κ2) is 7.03. The predicted molar refractivity (Wildman–Crippen MR) is 76.9 cm³/mol. The predicted octanol–water partition coefficient (Wildman–Crippen LogP) is 2.21. The largest absolute Gasteiger partial charge is 0.303 e. The fourth-order valence-electron chi connectivity index (χ4n) is 2.45. The van der Waals surface area contributed by atoms with Crippen LogP contribution in [-0.4, -0.2) is 35.6 Å². The monoisotopic (exact) mass is 326 g/mol. The molecule has 1 amide bonds. The molecule has 0 aromatic heterocycles. The summed E-state index contributed by atoms with van der Waals surface area (Å²) in [6.45, 7) is 2.87. The van der Waals surface area contributed by atoms with Crippen LogP contribution in [0.2, 0.25) is 0 Å². The van der Waals surface area contributed by atoms with Crippen LogP contribution in [0.15, 0.2) is 28.7 Å². The van der Waals surface area contributed by atoms with E-state index in [-0.39, 0.29) is 11.8 Å². The number of hydrogen-bond acceptors (Lipinski definition) is 3. The van der Waals surface area contributed by atoms with Crippen molar-refractivity contribution in [2.24, 2.45) is 5.92 Å². The van der Waals surface area contributed by atoms with Crippen molar-refractivity contribution in [3.63, 3.8) is 0 Å². The Morgan fingerprint density at radius 2 is 1.95 bits per heavy atom. The van der Waals surface area contributed by atoms with Gasteiger partial charge < -0.3 is 4.90 Å². The van der Waals surface area contributed by atoms with Gasteiger partial charge in [0.05, 0.1) is 0 Å². The summed E-state index contributed by atoms with van der Waals surface area (Å²) in [5.74, 6) is -0.276. The van der Waals surface area contributed by atoms with Gasteiger partial charge in [0, 0.05) is 16.9 Å². The molecule has 19 heavy (non-hydrogen) atoms. The van der Waals surface area contributed by atoms with Crippen molar-refractivity contribution in [1.82, 2.24) is 10.4 Å². The third kappa shape index (κ3) is 4.30. The van der Waals surface area contributed by atoms with E-state index in [1.54, 1.807) is 5.48 Å². The molecule has 1 heterocycles. The molecule has 0 saturated carbocycles. The number of carbonyl (C=O) groups is 1. The topological polar surface area (TPSA) is 52.6 Å². The highest BCUT2D eigenvalue weighted by Gasteiger charge is 2.24. The van der Waals surface area contributed by atoms with Crippen molar-refractivity contribution >= 4 is 21.8 Å². The van der Waals surface area contributed by atoms with Gasteiger partial charge in [-0.2, -0.15) is 0 Å². The van der Waals surface area contributed by atoms with Crippen LogP contribution in [0.4, 0.5) is 0 Å². The normalized spacial score (nSPS) is 17.4. The summed E-state index contributed by atoms with van der Waals surface area (Å²) in [5, 5.41) is 8.61. The van der Waals surface area contributed by atoms with Crippen molar-refractivity contribution < 1.29 is 10.0 Å². The van der Waals surface area contributed by atoms with Gasteiger partial charge in [-0.3, -0.25) is 10.0 Å². The number of carbonyl (C=O) groups excluding carboxylic acids is 1. The average molecular weight is 327 g/mol. The maximum Gasteiger partial charge on any atom is 0.246 e. The first kappa shape index (κ1) is 14.5. The van der Waals surface area contributed by atoms with E-state index in [0.29, 0.717) is 0 Å². The van der Waals surface area contributed by atoms with Gasteiger partial charge >= 0.3 is 0 Å². The molecule has 104 valence electrons. The van der Waals surface area contributed by atoms with Gasteiger partial charge in [0.2, 0.25) is 5.91 Å². The van der Waals surface area contributed by atoms with Crippen LogP contribution >= 0.6 is 15.9 Å². The molecular formula is C14H19BrN2O2. The summed E-state index contributed by atoms with van der Waals surface area (Å²) in [4.78, 5) is 13.7. The van der Waals surface area contributed by atoms with E-state index in [1.807, 2.05) is 0 Å². The van der Waals surface area contributed by atoms with Crippen molar-refractivity contribution in [2.45, 2.75) is 19.3 Å². The van der Waals surface area contributed by atoms with Gasteiger partial charge in [0.1, 0.15) is 0 Å². The zero-order valence-electron chi connectivity index (χ0n) is 10.8. The zero-order chi connectivity index (χ0) is 13.7. The SMILES string of the molecule is O=C(NO)C1CCN(CCc2ccc(Br)cc2)CC1. The Balaban J connectivity index is 1.74. The molecule has 1 saturated heterocycles. The lowest BCUT2D eigenvalue weighted by molar-refractivity contribution is -0.134. The van der Waals surface area contributed by atoms with Crippen LogP contribution in [-0.2, 0) is 11.2 Å². The van der Waals surface area contributed by atoms with Crippen molar-refractivity contribution in [3.8, 4) is 0 Å². The Morgan fingerprint density at radius 3 is 2.53 bits per heavy atom. The number of nitrogens with zero attached hydrogens (tertiary/aromatic N) is 1. The number of likely N-dealkylation sites (tertiary alicyclic amines) is 1. The highest BCUT2D eigenvalue weighted by Crippen LogP contribution is 2.18. The number of hydrogen-bond donors (Lipinski definition) is 2. The van der Waals surface area contributed by atoms with Crippen molar-refractivity contribution in [1.29, 1.82) is 0 Å². The molecule has 2 N–H and O–H groups in total. The highest BCUT2D eigenvalue weighted by atomic mass is 79.9. The number of amides is 1. The molecule has 0 aliphatic carbocycles. The Labute approximate surface area is 121 Å². The maximum absolute atomic E-state index is 11.3. The molecule has 1 aliphatic heterocycles. The van der Waals surface area contributed by atoms with Gasteiger partial charge in [0.15, 0.2) is 0 Å². The molecule has 0 unspecified atom stereocenters. The Hall–Kier alpha value is -0.910. The molecule has 2 rings (SSSR count). The minimum absolute atomic E-state index is 0.0334. The van der Waals surface area contributed by atoms with Crippen LogP contribution in [0.3, 0.4) is 0 Å². The first-order valence-corrected chi connectivity index (χ1v) is 7.39. The van der Waals surface area contributed by atoms with E-state index in [0.717, 1.165) is 43.4 Å². The first-order chi connectivity index (χ1) is 9.19. The minimum atomic E-state index is -0.243. The molecule has 1 fully saturated rings. The summed E-state index contributed by atoms with van der Waals surface area (Å²) in [5.41, 5.74) is 3.08. The third-order valence-electron chi connectivity index (χ3n) is 3.70. The van der Waals surface area contributed by atoms with Crippen LogP contribution in [0.1, 0.15) is 18.4 Å². The second-order valence-corrected chi connectivity index (χ2v) is 5.88. The minimum Gasteiger partial charge on any atom is -0.303 e. The first-order valence-electron chi connectivity index (χ1n) is 6.60. The van der Waals surface area contributed by atoms with E-state index in [4.69, 9.17) is 5.21 Å². The van der Waals surface area contributed by atoms with E-state index >= 15 is 0 Å². The number of hydroxylamine groups is 1. The summed E-state index contributed by atoms with van der Waals surface area (Å²) >= 11 is 3.43. The molecule has 0 atom stereocenters. The molecule has 1 aromatic rings. The van der Waals surface area contributed by atoms with Crippen LogP contribution in [0.5, 0.6) is 0 Å². The van der Waals surface area contributed by atoms with E-state index in [2.05, 4.69) is 45.1 Å². The lowest BCUT2D eigenvalue weighted by Gasteiger charge is -2.30. The molecule has 0 radical (unpaired) electrons. The van der Waals surface area contributed by atoms with E-state index in [1.165, 1.54) is 5.56 Å². The lowest BCUT2D eigenvalue weighted by Crippen LogP contribution is -2.40. The smallest absolute Gasteiger partial charge is 0.246 e. The molecule has 1 aromatic carbocycles. The molecule has 1 aliphatic rings. The summed E-state index contributed by atoms with van der Waals surface area (Å²) in [7, 11) is 0. The summed E-state index contributed by atoms with van der Waals surface area (Å²) in [6, 6.07) is 8.40. The molecule has 0 spiro atoms. The Kier molecular flexibility index (Phi) is 5.36. The van der Waals surface area contributed by atoms with Gasteiger partial charge in [-0.1, -0.05) is 28.1 Å². The van der Waals surface area contributed by atoms with Crippen LogP contribution in [0.25, 0.3) is 0 Å². The van der Waals surface area contributed by atoms with Gasteiger partial charge in [0.25, 0.3) is 0 Å². The average Bonchev–Trinajstić information content (AvgIpc) is 2.46. The standard InChI is InChI=1S/C14H19BrN2O2/c15-13-3-1-11(2-4-13)5-8-17-9-6-12(7-10-17)14(18)16-19/h1-4,12,19H,5-10H2,(H,16,18). The molecule has 4 nitrogen and oxygen atoms in total. The quantitative estimate of drug-likeness (QED) is 0.659. The number of piperidine rings is 1. The summed E-state index contributed by atoms with van der Waals surface area (Å²) < 4.78 is 1.10. The number of halogens is 1. The van der Waals surface area contributed by atoms with Gasteiger partial charge in [-0.05, 0) is 50.0 Å². The fourth-order valence-corrected chi connectivity index (χ4v) is 2.71. The van der Waals surface area contributed by atoms with E-state index in [9.17, 15) is 4.79 Å². The van der Waals surface area contributed by atoms with Crippen LogP contribution in [0, 0.1) is 5.92 Å². The summed E-state index contributed by atoms with van der Waals surface area (Å²) in [6.07, 6.45) is 2.68. The number of rotatable bonds is 4. The lowest BCUT2D eigenvalue weighted by atomic mass is 9.96. The Bertz CT molecular complexity index is 414. The van der Waals surface area contributed by atoms with Gasteiger partial charge in [-0.15, -0.1) is 0 Å². The van der Waals surface area contributed by atoms with E-state index < -0.39 is 0 Å². The molecular weight excluding hydrogens is 308 g/mol. The highest BCUT2D eigenvalue weighted by molar-refractivity contribution is 9.10. The molecule has 5 heteroatoms. The zero-order valence-corrected chi connectivity index (χ0v) is 12.4. The molecule has 0 bridgehead atoms. The maximum atomic E-state index is 11.3. The number of benzene rings is 1. The van der Waals surface area contributed by atoms with Crippen molar-refractivity contribution in [2.75, 3.05) is 19.6 Å². The van der Waals surface area contributed by atoms with Gasteiger partial charge in [-0.25, -0.2) is 5.48 Å². The Morgan fingerprint density at radius 1 is 1.32 bits per heavy atom. The fraction of sp³-hybridized carbons (Fsp3) is 0.500.